The second kappa shape index (κ2) is 5.91. The summed E-state index contributed by atoms with van der Waals surface area (Å²) in [5.74, 6) is -2.69. The zero-order chi connectivity index (χ0) is 15.5. The summed E-state index contributed by atoms with van der Waals surface area (Å²) in [6.07, 6.45) is -5.51. The fourth-order valence-corrected chi connectivity index (χ4v) is 1.73. The van der Waals surface area contributed by atoms with Crippen LogP contribution in [0.15, 0.2) is 18.2 Å². The summed E-state index contributed by atoms with van der Waals surface area (Å²) >= 11 is 0. The Balaban J connectivity index is 3.12. The van der Waals surface area contributed by atoms with Gasteiger partial charge in [-0.05, 0) is 24.1 Å². The minimum atomic E-state index is -4.73. The molecule has 4 N–H and O–H groups in total. The number of nitrogens with two attached hydrogens (primary N) is 1. The van der Waals surface area contributed by atoms with Crippen molar-refractivity contribution in [1.82, 2.24) is 0 Å². The predicted molar refractivity (Wildman–Crippen MR) is 62.3 cm³/mol. The molecule has 0 unspecified atom stereocenters. The number of halogens is 3. The van der Waals surface area contributed by atoms with Gasteiger partial charge in [0.05, 0.1) is 17.5 Å². The highest BCUT2D eigenvalue weighted by Crippen LogP contribution is 2.33. The molecule has 5 nitrogen and oxygen atoms in total. The van der Waals surface area contributed by atoms with Crippen molar-refractivity contribution in [3.63, 3.8) is 0 Å². The van der Waals surface area contributed by atoms with E-state index in [-0.39, 0.29) is 12.0 Å². The van der Waals surface area contributed by atoms with E-state index in [0.29, 0.717) is 6.07 Å². The first-order chi connectivity index (χ1) is 9.11. The van der Waals surface area contributed by atoms with Gasteiger partial charge in [-0.2, -0.15) is 13.2 Å². The number of carboxylic acids is 2. The molecule has 0 aromatic heterocycles. The maximum absolute atomic E-state index is 12.9. The number of carbonyl (C=O) groups is 2. The SMILES string of the molecule is N[C@@H](CC(=O)O)Cc1ccc(C(=O)O)cc1C(F)(F)F. The van der Waals surface area contributed by atoms with Crippen LogP contribution in [-0.4, -0.2) is 28.2 Å². The maximum atomic E-state index is 12.9. The Morgan fingerprint density at radius 1 is 1.25 bits per heavy atom. The zero-order valence-corrected chi connectivity index (χ0v) is 10.1. The third-order valence-corrected chi connectivity index (χ3v) is 2.58. The highest BCUT2D eigenvalue weighted by atomic mass is 19.4. The molecule has 0 aliphatic carbocycles. The number of aliphatic carboxylic acids is 1. The van der Waals surface area contributed by atoms with Crippen molar-refractivity contribution < 1.29 is 33.0 Å². The summed E-state index contributed by atoms with van der Waals surface area (Å²) < 4.78 is 38.6. The van der Waals surface area contributed by atoms with E-state index >= 15 is 0 Å². The lowest BCUT2D eigenvalue weighted by Crippen LogP contribution is -2.27. The Hall–Kier alpha value is -2.09. The van der Waals surface area contributed by atoms with Crippen LogP contribution in [0, 0.1) is 0 Å². The van der Waals surface area contributed by atoms with Crippen LogP contribution in [0.5, 0.6) is 0 Å². The minimum absolute atomic E-state index is 0.226. The van der Waals surface area contributed by atoms with Gasteiger partial charge in [0.15, 0.2) is 0 Å². The molecule has 0 spiro atoms. The Labute approximate surface area is 111 Å². The largest absolute Gasteiger partial charge is 0.481 e. The molecule has 1 aromatic rings. The van der Waals surface area contributed by atoms with E-state index in [4.69, 9.17) is 15.9 Å². The lowest BCUT2D eigenvalue weighted by Gasteiger charge is -2.16. The van der Waals surface area contributed by atoms with Crippen molar-refractivity contribution in [1.29, 1.82) is 0 Å². The molecule has 20 heavy (non-hydrogen) atoms. The molecule has 0 saturated carbocycles. The topological polar surface area (TPSA) is 101 Å². The van der Waals surface area contributed by atoms with Gasteiger partial charge < -0.3 is 15.9 Å². The number of rotatable bonds is 5. The van der Waals surface area contributed by atoms with Gasteiger partial charge in [0, 0.05) is 6.04 Å². The van der Waals surface area contributed by atoms with Crippen molar-refractivity contribution in [2.24, 2.45) is 5.73 Å². The van der Waals surface area contributed by atoms with Crippen molar-refractivity contribution in [2.45, 2.75) is 25.1 Å². The number of benzene rings is 1. The zero-order valence-electron chi connectivity index (χ0n) is 10.1. The van der Waals surface area contributed by atoms with Crippen LogP contribution >= 0.6 is 0 Å². The van der Waals surface area contributed by atoms with Gasteiger partial charge in [-0.1, -0.05) is 6.07 Å². The molecule has 0 saturated heterocycles. The van der Waals surface area contributed by atoms with Gasteiger partial charge in [0.25, 0.3) is 0 Å². The lowest BCUT2D eigenvalue weighted by molar-refractivity contribution is -0.138. The minimum Gasteiger partial charge on any atom is -0.481 e. The summed E-state index contributed by atoms with van der Waals surface area (Å²) in [5.41, 5.74) is 3.62. The number of hydrogen-bond acceptors (Lipinski definition) is 3. The summed E-state index contributed by atoms with van der Waals surface area (Å²) in [4.78, 5) is 21.1. The van der Waals surface area contributed by atoms with Gasteiger partial charge in [0.1, 0.15) is 0 Å². The molecule has 0 aliphatic heterocycles. The van der Waals surface area contributed by atoms with E-state index in [1.807, 2.05) is 0 Å². The number of alkyl halides is 3. The van der Waals surface area contributed by atoms with Crippen molar-refractivity contribution in [3.05, 3.63) is 34.9 Å². The summed E-state index contributed by atoms with van der Waals surface area (Å²) in [6, 6.07) is 1.57. The van der Waals surface area contributed by atoms with Crippen LogP contribution in [0.25, 0.3) is 0 Å². The second-order valence-corrected chi connectivity index (χ2v) is 4.24. The molecular formula is C12H12F3NO4. The first-order valence-corrected chi connectivity index (χ1v) is 5.52. The third-order valence-electron chi connectivity index (χ3n) is 2.58. The molecule has 0 amide bonds. The third kappa shape index (κ3) is 4.23. The summed E-state index contributed by atoms with van der Waals surface area (Å²) in [7, 11) is 0. The molecule has 1 aromatic carbocycles. The summed E-state index contributed by atoms with van der Waals surface area (Å²) in [5, 5.41) is 17.2. The number of carboxylic acid groups (broad SMARTS) is 2. The number of aromatic carboxylic acids is 1. The van der Waals surface area contributed by atoms with Crippen LogP contribution in [0.4, 0.5) is 13.2 Å². The fourth-order valence-electron chi connectivity index (χ4n) is 1.73. The molecule has 1 rings (SSSR count). The standard InChI is InChI=1S/C12H12F3NO4/c13-12(14,15)9-4-7(11(19)20)2-1-6(9)3-8(16)5-10(17)18/h1-2,4,8H,3,5,16H2,(H,17,18)(H,19,20)/t8-/m1/s1. The molecule has 0 aliphatic rings. The van der Waals surface area contributed by atoms with Crippen molar-refractivity contribution in [2.75, 3.05) is 0 Å². The lowest BCUT2D eigenvalue weighted by atomic mass is 9.96. The molecule has 0 bridgehead atoms. The van der Waals surface area contributed by atoms with Crippen LogP contribution in [-0.2, 0) is 17.4 Å². The van der Waals surface area contributed by atoms with E-state index in [1.165, 1.54) is 0 Å². The molecule has 0 heterocycles. The van der Waals surface area contributed by atoms with E-state index in [1.54, 1.807) is 0 Å². The molecule has 0 radical (unpaired) electrons. The second-order valence-electron chi connectivity index (χ2n) is 4.24. The van der Waals surface area contributed by atoms with Crippen LogP contribution < -0.4 is 5.73 Å². The average molecular weight is 291 g/mol. The van der Waals surface area contributed by atoms with Gasteiger partial charge in [-0.15, -0.1) is 0 Å². The molecule has 8 heteroatoms. The normalized spacial score (nSPS) is 13.0. The van der Waals surface area contributed by atoms with Gasteiger partial charge in [-0.25, -0.2) is 4.79 Å². The quantitative estimate of drug-likeness (QED) is 0.767. The summed E-state index contributed by atoms with van der Waals surface area (Å²) in [6.45, 7) is 0. The van der Waals surface area contributed by atoms with Gasteiger partial charge in [-0.3, -0.25) is 4.79 Å². The molecular weight excluding hydrogens is 279 g/mol. The van der Waals surface area contributed by atoms with Gasteiger partial charge >= 0.3 is 18.1 Å². The van der Waals surface area contributed by atoms with Crippen LogP contribution in [0.1, 0.15) is 27.9 Å². The van der Waals surface area contributed by atoms with E-state index < -0.39 is 41.7 Å². The fraction of sp³-hybridized carbons (Fsp3) is 0.333. The van der Waals surface area contributed by atoms with Crippen LogP contribution in [0.2, 0.25) is 0 Å². The Bertz CT molecular complexity index is 528. The molecule has 1 atom stereocenters. The number of hydrogen-bond donors (Lipinski definition) is 3. The predicted octanol–water partition coefficient (Wildman–Crippen LogP) is 1.75. The Morgan fingerprint density at radius 3 is 2.30 bits per heavy atom. The highest BCUT2D eigenvalue weighted by Gasteiger charge is 2.34. The van der Waals surface area contributed by atoms with Crippen molar-refractivity contribution >= 4 is 11.9 Å². The maximum Gasteiger partial charge on any atom is 0.416 e. The first-order valence-electron chi connectivity index (χ1n) is 5.52. The molecule has 0 fully saturated rings. The molecule has 110 valence electrons. The monoisotopic (exact) mass is 291 g/mol. The van der Waals surface area contributed by atoms with Gasteiger partial charge in [0.2, 0.25) is 0 Å². The van der Waals surface area contributed by atoms with E-state index in [2.05, 4.69) is 0 Å². The van der Waals surface area contributed by atoms with E-state index in [9.17, 15) is 22.8 Å². The van der Waals surface area contributed by atoms with Crippen molar-refractivity contribution in [3.8, 4) is 0 Å². The smallest absolute Gasteiger partial charge is 0.416 e. The Kier molecular flexibility index (Phi) is 4.72. The first kappa shape index (κ1) is 16.0. The Morgan fingerprint density at radius 2 is 1.85 bits per heavy atom. The van der Waals surface area contributed by atoms with E-state index in [0.717, 1.165) is 12.1 Å². The average Bonchev–Trinajstić information content (AvgIpc) is 2.26. The highest BCUT2D eigenvalue weighted by molar-refractivity contribution is 5.88. The van der Waals surface area contributed by atoms with Crippen LogP contribution in [0.3, 0.4) is 0 Å².